The number of hydrogen-bond acceptors (Lipinski definition) is 7. The first-order chi connectivity index (χ1) is 18.0. The molecular formula is C28H29N3O5S. The van der Waals surface area contributed by atoms with Gasteiger partial charge in [0.2, 0.25) is 11.8 Å². The van der Waals surface area contributed by atoms with Crippen LogP contribution in [0.2, 0.25) is 0 Å². The first-order valence-electron chi connectivity index (χ1n) is 11.9. The lowest BCUT2D eigenvalue weighted by molar-refractivity contribution is -0.129. The highest BCUT2D eigenvalue weighted by Crippen LogP contribution is 2.32. The summed E-state index contributed by atoms with van der Waals surface area (Å²) in [4.78, 5) is 32.9. The number of rotatable bonds is 9. The van der Waals surface area contributed by atoms with Crippen LogP contribution in [0.15, 0.2) is 77.8 Å². The Bertz CT molecular complexity index is 1260. The molecule has 1 saturated heterocycles. The molecule has 0 radical (unpaired) electrons. The van der Waals surface area contributed by atoms with E-state index in [-0.39, 0.29) is 18.2 Å². The fourth-order valence-electron chi connectivity index (χ4n) is 3.77. The predicted molar refractivity (Wildman–Crippen MR) is 146 cm³/mol. The van der Waals surface area contributed by atoms with E-state index in [1.165, 1.54) is 11.8 Å². The largest absolute Gasteiger partial charge is 0.497 e. The zero-order chi connectivity index (χ0) is 26.2. The van der Waals surface area contributed by atoms with Crippen LogP contribution < -0.4 is 19.5 Å². The molecule has 2 amide bonds. The van der Waals surface area contributed by atoms with E-state index in [0.29, 0.717) is 35.4 Å². The van der Waals surface area contributed by atoms with Crippen LogP contribution in [-0.2, 0) is 16.1 Å². The Morgan fingerprint density at radius 1 is 1.00 bits per heavy atom. The summed E-state index contributed by atoms with van der Waals surface area (Å²) in [5, 5.41) is 2.70. The van der Waals surface area contributed by atoms with E-state index >= 15 is 0 Å². The highest BCUT2D eigenvalue weighted by molar-refractivity contribution is 8.15. The topological polar surface area (TPSA) is 89.5 Å². The predicted octanol–water partition coefficient (Wildman–Crippen LogP) is 5.26. The third-order valence-corrected chi connectivity index (χ3v) is 6.86. The van der Waals surface area contributed by atoms with E-state index in [1.807, 2.05) is 67.6 Å². The Labute approximate surface area is 220 Å². The molecule has 1 heterocycles. The summed E-state index contributed by atoms with van der Waals surface area (Å²) in [6.45, 7) is 2.81. The lowest BCUT2D eigenvalue weighted by Gasteiger charge is -2.32. The van der Waals surface area contributed by atoms with Crippen molar-refractivity contribution in [2.45, 2.75) is 25.1 Å². The van der Waals surface area contributed by atoms with Gasteiger partial charge in [-0.05, 0) is 61.0 Å². The Kier molecular flexibility index (Phi) is 8.68. The number of amides is 2. The smallest absolute Gasteiger partial charge is 0.238 e. The van der Waals surface area contributed by atoms with Gasteiger partial charge >= 0.3 is 0 Å². The van der Waals surface area contributed by atoms with Gasteiger partial charge in [-0.15, -0.1) is 0 Å². The summed E-state index contributed by atoms with van der Waals surface area (Å²) in [5.74, 6) is 1.56. The van der Waals surface area contributed by atoms with Gasteiger partial charge < -0.3 is 19.5 Å². The number of amidine groups is 1. The van der Waals surface area contributed by atoms with E-state index in [2.05, 4.69) is 5.32 Å². The zero-order valence-electron chi connectivity index (χ0n) is 21.0. The monoisotopic (exact) mass is 519 g/mol. The number of thioether (sulfide) groups is 1. The van der Waals surface area contributed by atoms with Crippen molar-refractivity contribution in [2.24, 2.45) is 4.99 Å². The molecule has 3 aromatic carbocycles. The number of carbonyl (C=O) groups excluding carboxylic acids is 2. The number of para-hydroxylation sites is 2. The standard InChI is InChI=1S/C28H29N3O5S/c1-4-36-22-15-11-20(12-16-22)29-28-31(18-19-9-13-21(34-2)14-10-19)26(32)17-25(37-28)27(33)30-23-7-5-6-8-24(23)35-3/h5-16,25H,4,17-18H2,1-3H3,(H,30,33). The fourth-order valence-corrected chi connectivity index (χ4v) is 4.86. The van der Waals surface area contributed by atoms with E-state index in [1.54, 1.807) is 31.3 Å². The zero-order valence-corrected chi connectivity index (χ0v) is 21.8. The average Bonchev–Trinajstić information content (AvgIpc) is 2.92. The van der Waals surface area contributed by atoms with Crippen molar-refractivity contribution < 1.29 is 23.8 Å². The van der Waals surface area contributed by atoms with Crippen molar-refractivity contribution in [3.8, 4) is 17.2 Å². The number of methoxy groups -OCH3 is 2. The molecule has 0 aliphatic carbocycles. The van der Waals surface area contributed by atoms with Gasteiger partial charge in [-0.1, -0.05) is 36.0 Å². The normalized spacial score (nSPS) is 16.4. The summed E-state index contributed by atoms with van der Waals surface area (Å²) >= 11 is 1.27. The molecular weight excluding hydrogens is 490 g/mol. The fraction of sp³-hybridized carbons (Fsp3) is 0.250. The Hall–Kier alpha value is -3.98. The minimum atomic E-state index is -0.647. The van der Waals surface area contributed by atoms with Crippen molar-refractivity contribution in [1.29, 1.82) is 0 Å². The molecule has 1 unspecified atom stereocenters. The van der Waals surface area contributed by atoms with Crippen molar-refractivity contribution in [3.05, 3.63) is 78.4 Å². The van der Waals surface area contributed by atoms with Gasteiger partial charge in [0.05, 0.1) is 38.7 Å². The molecule has 9 heteroatoms. The van der Waals surface area contributed by atoms with Gasteiger partial charge in [0.25, 0.3) is 0 Å². The summed E-state index contributed by atoms with van der Waals surface area (Å²) in [7, 11) is 3.15. The lowest BCUT2D eigenvalue weighted by atomic mass is 10.2. The maximum atomic E-state index is 13.3. The van der Waals surface area contributed by atoms with Crippen molar-refractivity contribution in [2.75, 3.05) is 26.1 Å². The van der Waals surface area contributed by atoms with Crippen LogP contribution >= 0.6 is 11.8 Å². The minimum absolute atomic E-state index is 0.0457. The first kappa shape index (κ1) is 26.1. The van der Waals surface area contributed by atoms with Gasteiger partial charge in [0.1, 0.15) is 22.5 Å². The molecule has 0 saturated carbocycles. The molecule has 1 aliphatic rings. The summed E-state index contributed by atoms with van der Waals surface area (Å²) < 4.78 is 16.1. The van der Waals surface area contributed by atoms with Gasteiger partial charge in [-0.25, -0.2) is 4.99 Å². The van der Waals surface area contributed by atoms with Crippen LogP contribution in [0.4, 0.5) is 11.4 Å². The number of ether oxygens (including phenoxy) is 3. The SMILES string of the molecule is CCOc1ccc(N=C2SC(C(=O)Nc3ccccc3OC)CC(=O)N2Cc2ccc(OC)cc2)cc1. The molecule has 37 heavy (non-hydrogen) atoms. The molecule has 0 aromatic heterocycles. The molecule has 8 nitrogen and oxygen atoms in total. The van der Waals surface area contributed by atoms with Gasteiger partial charge in [0.15, 0.2) is 5.17 Å². The number of anilines is 1. The molecule has 0 spiro atoms. The summed E-state index contributed by atoms with van der Waals surface area (Å²) in [5.41, 5.74) is 2.13. The molecule has 1 aliphatic heterocycles. The second-order valence-electron chi connectivity index (χ2n) is 8.15. The van der Waals surface area contributed by atoms with Crippen LogP contribution in [0.25, 0.3) is 0 Å². The molecule has 4 rings (SSSR count). The van der Waals surface area contributed by atoms with Crippen LogP contribution in [0.3, 0.4) is 0 Å². The molecule has 0 bridgehead atoms. The third kappa shape index (κ3) is 6.62. The first-order valence-corrected chi connectivity index (χ1v) is 12.7. The second-order valence-corrected chi connectivity index (χ2v) is 9.32. The van der Waals surface area contributed by atoms with Crippen LogP contribution in [0.1, 0.15) is 18.9 Å². The summed E-state index contributed by atoms with van der Waals surface area (Å²) in [6.07, 6.45) is 0.0457. The van der Waals surface area contributed by atoms with Crippen LogP contribution in [0.5, 0.6) is 17.2 Å². The number of hydrogen-bond donors (Lipinski definition) is 1. The minimum Gasteiger partial charge on any atom is -0.497 e. The molecule has 1 N–H and O–H groups in total. The van der Waals surface area contributed by atoms with Crippen molar-refractivity contribution in [3.63, 3.8) is 0 Å². The Morgan fingerprint density at radius 3 is 2.38 bits per heavy atom. The lowest BCUT2D eigenvalue weighted by Crippen LogP contribution is -2.44. The number of nitrogens with one attached hydrogen (secondary N) is 1. The number of aliphatic imine (C=N–C) groups is 1. The Morgan fingerprint density at radius 2 is 1.70 bits per heavy atom. The van der Waals surface area contributed by atoms with Gasteiger partial charge in [0, 0.05) is 6.42 Å². The third-order valence-electron chi connectivity index (χ3n) is 5.67. The quantitative estimate of drug-likeness (QED) is 0.415. The van der Waals surface area contributed by atoms with Gasteiger partial charge in [-0.3, -0.25) is 14.5 Å². The van der Waals surface area contributed by atoms with E-state index in [0.717, 1.165) is 17.1 Å². The van der Waals surface area contributed by atoms with E-state index < -0.39 is 5.25 Å². The number of carbonyl (C=O) groups is 2. The number of benzene rings is 3. The maximum absolute atomic E-state index is 13.3. The molecule has 1 fully saturated rings. The van der Waals surface area contributed by atoms with Gasteiger partial charge in [-0.2, -0.15) is 0 Å². The van der Waals surface area contributed by atoms with Crippen molar-refractivity contribution in [1.82, 2.24) is 4.90 Å². The maximum Gasteiger partial charge on any atom is 0.238 e. The average molecular weight is 520 g/mol. The summed E-state index contributed by atoms with van der Waals surface area (Å²) in [6, 6.07) is 22.0. The highest BCUT2D eigenvalue weighted by atomic mass is 32.2. The van der Waals surface area contributed by atoms with E-state index in [9.17, 15) is 9.59 Å². The molecule has 3 aromatic rings. The highest BCUT2D eigenvalue weighted by Gasteiger charge is 2.36. The molecule has 1 atom stereocenters. The van der Waals surface area contributed by atoms with Crippen LogP contribution in [0, 0.1) is 0 Å². The van der Waals surface area contributed by atoms with E-state index in [4.69, 9.17) is 19.2 Å². The molecule has 192 valence electrons. The Balaban J connectivity index is 1.60. The van der Waals surface area contributed by atoms with Crippen LogP contribution in [-0.4, -0.2) is 48.0 Å². The van der Waals surface area contributed by atoms with Crippen molar-refractivity contribution >= 4 is 40.1 Å². The second kappa shape index (κ2) is 12.3. The number of nitrogens with zero attached hydrogens (tertiary/aromatic N) is 2.